The number of hydrogen-bond acceptors (Lipinski definition) is 4. The van der Waals surface area contributed by atoms with Crippen LogP contribution in [0.25, 0.3) is 10.1 Å². The number of nitrogens with two attached hydrogens (primary N) is 1. The number of amides is 1. The Hall–Kier alpha value is -1.50. The van der Waals surface area contributed by atoms with Gasteiger partial charge in [-0.1, -0.05) is 18.9 Å². The molecule has 1 aliphatic carbocycles. The molecule has 0 bridgehead atoms. The predicted molar refractivity (Wildman–Crippen MR) is 90.2 cm³/mol. The minimum atomic E-state index is -0.323. The largest absolute Gasteiger partial charge is 0.380 e. The van der Waals surface area contributed by atoms with Crippen LogP contribution in [-0.4, -0.2) is 25.1 Å². The van der Waals surface area contributed by atoms with Crippen LogP contribution < -0.4 is 11.1 Å². The molecule has 0 saturated heterocycles. The van der Waals surface area contributed by atoms with Crippen LogP contribution in [-0.2, 0) is 11.3 Å². The third-order valence-corrected chi connectivity index (χ3v) is 5.78. The monoisotopic (exact) mass is 336 g/mol. The number of hydrogen-bond donors (Lipinski definition) is 2. The molecule has 0 radical (unpaired) electrons. The summed E-state index contributed by atoms with van der Waals surface area (Å²) in [5.74, 6) is -0.496. The average Bonchev–Trinajstić information content (AvgIpc) is 3.14. The van der Waals surface area contributed by atoms with Crippen LogP contribution in [0.15, 0.2) is 18.2 Å². The second kappa shape index (κ2) is 6.55. The molecule has 124 valence electrons. The summed E-state index contributed by atoms with van der Waals surface area (Å²) < 4.78 is 20.1. The second-order valence-corrected chi connectivity index (χ2v) is 7.15. The molecule has 6 heteroatoms. The highest BCUT2D eigenvalue weighted by atomic mass is 32.1. The maximum Gasteiger partial charge on any atom is 0.262 e. The summed E-state index contributed by atoms with van der Waals surface area (Å²) in [6.07, 6.45) is 3.94. The van der Waals surface area contributed by atoms with Crippen molar-refractivity contribution in [1.82, 2.24) is 5.32 Å². The Labute approximate surface area is 138 Å². The number of fused-ring (bicyclic) bond motifs is 1. The van der Waals surface area contributed by atoms with Gasteiger partial charge in [-0.05, 0) is 25.0 Å². The van der Waals surface area contributed by atoms with Gasteiger partial charge in [-0.2, -0.15) is 0 Å². The number of thiophene rings is 1. The van der Waals surface area contributed by atoms with E-state index >= 15 is 0 Å². The predicted octanol–water partition coefficient (Wildman–Crippen LogP) is 3.19. The van der Waals surface area contributed by atoms with Gasteiger partial charge in [0.1, 0.15) is 5.82 Å². The first-order valence-corrected chi connectivity index (χ1v) is 8.63. The molecule has 4 nitrogen and oxygen atoms in total. The van der Waals surface area contributed by atoms with Crippen LogP contribution in [0, 0.1) is 5.82 Å². The number of ether oxygens (including phenoxy) is 1. The molecule has 1 aliphatic rings. The average molecular weight is 336 g/mol. The molecule has 1 amide bonds. The zero-order valence-electron chi connectivity index (χ0n) is 13.2. The van der Waals surface area contributed by atoms with E-state index in [9.17, 15) is 9.18 Å². The number of halogens is 1. The molecule has 1 saturated carbocycles. The van der Waals surface area contributed by atoms with Crippen molar-refractivity contribution in [1.29, 1.82) is 0 Å². The normalized spacial score (nSPS) is 16.8. The zero-order valence-corrected chi connectivity index (χ0v) is 14.0. The van der Waals surface area contributed by atoms with Gasteiger partial charge >= 0.3 is 0 Å². The highest BCUT2D eigenvalue weighted by Gasteiger charge is 2.35. The van der Waals surface area contributed by atoms with Crippen molar-refractivity contribution in [2.75, 3.05) is 13.7 Å². The number of methoxy groups -OCH3 is 1. The van der Waals surface area contributed by atoms with Crippen molar-refractivity contribution < 1.29 is 13.9 Å². The first-order chi connectivity index (χ1) is 11.1. The van der Waals surface area contributed by atoms with Gasteiger partial charge in [0.05, 0.1) is 17.0 Å². The van der Waals surface area contributed by atoms with E-state index in [4.69, 9.17) is 10.5 Å². The van der Waals surface area contributed by atoms with Crippen LogP contribution in [0.2, 0.25) is 0 Å². The van der Waals surface area contributed by atoms with Crippen molar-refractivity contribution in [3.63, 3.8) is 0 Å². The molecule has 1 fully saturated rings. The van der Waals surface area contributed by atoms with Crippen molar-refractivity contribution in [2.45, 2.75) is 37.8 Å². The molecule has 1 heterocycles. The van der Waals surface area contributed by atoms with E-state index in [0.29, 0.717) is 22.4 Å². The van der Waals surface area contributed by atoms with Crippen molar-refractivity contribution in [2.24, 2.45) is 5.73 Å². The first-order valence-electron chi connectivity index (χ1n) is 7.81. The smallest absolute Gasteiger partial charge is 0.262 e. The van der Waals surface area contributed by atoms with E-state index in [1.807, 2.05) is 6.07 Å². The third-order valence-electron chi connectivity index (χ3n) is 4.59. The summed E-state index contributed by atoms with van der Waals surface area (Å²) in [6.45, 7) is 0.636. The molecule has 0 aliphatic heterocycles. The minimum absolute atomic E-state index is 0.176. The van der Waals surface area contributed by atoms with E-state index in [0.717, 1.165) is 30.4 Å². The Morgan fingerprint density at radius 3 is 2.83 bits per heavy atom. The van der Waals surface area contributed by atoms with Gasteiger partial charge in [0.15, 0.2) is 0 Å². The summed E-state index contributed by atoms with van der Waals surface area (Å²) in [6, 6.07) is 4.90. The quantitative estimate of drug-likeness (QED) is 0.881. The van der Waals surface area contributed by atoms with Gasteiger partial charge in [-0.3, -0.25) is 4.79 Å². The van der Waals surface area contributed by atoms with Crippen LogP contribution in [0.4, 0.5) is 4.39 Å². The fourth-order valence-corrected chi connectivity index (χ4v) is 4.48. The van der Waals surface area contributed by atoms with Gasteiger partial charge in [-0.15, -0.1) is 11.3 Å². The molecule has 1 aromatic heterocycles. The number of nitrogens with one attached hydrogen (secondary N) is 1. The molecule has 0 unspecified atom stereocenters. The van der Waals surface area contributed by atoms with Crippen LogP contribution in [0.1, 0.15) is 40.9 Å². The molecule has 0 atom stereocenters. The van der Waals surface area contributed by atoms with E-state index in [-0.39, 0.29) is 23.9 Å². The SMILES string of the molecule is COCc1c(C(=O)NC2(CN)CCCC2)sc2cccc(F)c12. The summed E-state index contributed by atoms with van der Waals surface area (Å²) in [4.78, 5) is 13.3. The molecule has 3 N–H and O–H groups in total. The minimum Gasteiger partial charge on any atom is -0.380 e. The number of carbonyl (C=O) groups is 1. The van der Waals surface area contributed by atoms with Crippen LogP contribution in [0.3, 0.4) is 0 Å². The number of carbonyl (C=O) groups excluding carboxylic acids is 1. The Morgan fingerprint density at radius 1 is 1.43 bits per heavy atom. The van der Waals surface area contributed by atoms with Crippen LogP contribution in [0.5, 0.6) is 0 Å². The fraction of sp³-hybridized carbons (Fsp3) is 0.471. The van der Waals surface area contributed by atoms with Gasteiger partial charge < -0.3 is 15.8 Å². The maximum absolute atomic E-state index is 14.2. The molecular formula is C17H21FN2O2S. The van der Waals surface area contributed by atoms with E-state index in [1.165, 1.54) is 17.4 Å². The third kappa shape index (κ3) is 2.98. The van der Waals surface area contributed by atoms with Crippen molar-refractivity contribution >= 4 is 27.3 Å². The second-order valence-electron chi connectivity index (χ2n) is 6.10. The summed E-state index contributed by atoms with van der Waals surface area (Å²) >= 11 is 1.31. The highest BCUT2D eigenvalue weighted by molar-refractivity contribution is 7.21. The van der Waals surface area contributed by atoms with Gasteiger partial charge in [0.2, 0.25) is 0 Å². The van der Waals surface area contributed by atoms with E-state index in [2.05, 4.69) is 5.32 Å². The summed E-state index contributed by atoms with van der Waals surface area (Å²) in [5.41, 5.74) is 6.19. The Morgan fingerprint density at radius 2 is 2.17 bits per heavy atom. The Bertz CT molecular complexity index is 723. The number of rotatable bonds is 5. The lowest BCUT2D eigenvalue weighted by molar-refractivity contribution is 0.0903. The molecule has 1 aromatic carbocycles. The van der Waals surface area contributed by atoms with Crippen molar-refractivity contribution in [3.05, 3.63) is 34.5 Å². The molecule has 2 aromatic rings. The fourth-order valence-electron chi connectivity index (χ4n) is 3.36. The van der Waals surface area contributed by atoms with Gasteiger partial charge in [0, 0.05) is 29.3 Å². The molecule has 23 heavy (non-hydrogen) atoms. The van der Waals surface area contributed by atoms with Gasteiger partial charge in [0.25, 0.3) is 5.91 Å². The summed E-state index contributed by atoms with van der Waals surface area (Å²) in [7, 11) is 1.55. The molecular weight excluding hydrogens is 315 g/mol. The Balaban J connectivity index is 1.99. The first kappa shape index (κ1) is 16.4. The maximum atomic E-state index is 14.2. The Kier molecular flexibility index (Phi) is 4.66. The highest BCUT2D eigenvalue weighted by Crippen LogP contribution is 2.35. The topological polar surface area (TPSA) is 64.3 Å². The molecule has 0 spiro atoms. The standard InChI is InChI=1S/C17H21FN2O2S/c1-22-9-11-14-12(18)5-4-6-13(14)23-15(11)16(21)20-17(10-19)7-2-3-8-17/h4-6H,2-3,7-10,19H2,1H3,(H,20,21). The number of benzene rings is 1. The lowest BCUT2D eigenvalue weighted by atomic mass is 9.97. The molecule has 3 rings (SSSR count). The van der Waals surface area contributed by atoms with E-state index < -0.39 is 0 Å². The summed E-state index contributed by atoms with van der Waals surface area (Å²) in [5, 5.41) is 3.59. The van der Waals surface area contributed by atoms with Crippen LogP contribution >= 0.6 is 11.3 Å². The zero-order chi connectivity index (χ0) is 16.4. The lowest BCUT2D eigenvalue weighted by Crippen LogP contribution is -2.51. The lowest BCUT2D eigenvalue weighted by Gasteiger charge is -2.28. The van der Waals surface area contributed by atoms with E-state index in [1.54, 1.807) is 13.2 Å². The van der Waals surface area contributed by atoms with Crippen molar-refractivity contribution in [3.8, 4) is 0 Å². The van der Waals surface area contributed by atoms with Gasteiger partial charge in [-0.25, -0.2) is 4.39 Å².